The molecule has 1 heterocycles. The average molecular weight is 274 g/mol. The van der Waals surface area contributed by atoms with E-state index in [0.717, 1.165) is 17.7 Å². The van der Waals surface area contributed by atoms with E-state index in [0.29, 0.717) is 0 Å². The number of hydrogen-bond donors (Lipinski definition) is 2. The molecule has 2 rings (SSSR count). The minimum Gasteiger partial charge on any atom is -0.377 e. The number of anilines is 1. The molecule has 100 valence electrons. The van der Waals surface area contributed by atoms with E-state index in [2.05, 4.69) is 29.8 Å². The molecule has 0 aliphatic heterocycles. The number of hydrogen-bond acceptors (Lipinski definition) is 3. The quantitative estimate of drug-likeness (QED) is 0.849. The van der Waals surface area contributed by atoms with Crippen LogP contribution in [-0.4, -0.2) is 5.91 Å². The van der Waals surface area contributed by atoms with E-state index in [-0.39, 0.29) is 18.4 Å². The summed E-state index contributed by atoms with van der Waals surface area (Å²) >= 11 is 1.74. The Labute approximate surface area is 117 Å². The molecule has 0 fully saturated rings. The third-order valence-corrected chi connectivity index (χ3v) is 3.99. The number of primary amides is 1. The van der Waals surface area contributed by atoms with Crippen molar-refractivity contribution in [3.05, 3.63) is 52.2 Å². The summed E-state index contributed by atoms with van der Waals surface area (Å²) in [6, 6.07) is 12.3. The Morgan fingerprint density at radius 3 is 2.74 bits per heavy atom. The zero-order valence-electron chi connectivity index (χ0n) is 10.9. The fourth-order valence-electron chi connectivity index (χ4n) is 2.05. The maximum Gasteiger partial charge on any atom is 0.221 e. The van der Waals surface area contributed by atoms with Crippen molar-refractivity contribution in [1.82, 2.24) is 0 Å². The molecule has 3 nitrogen and oxygen atoms in total. The number of carbonyl (C=O) groups excluding carboxylic acids is 1. The minimum atomic E-state index is -0.307. The van der Waals surface area contributed by atoms with Crippen LogP contribution in [0.1, 0.15) is 29.8 Å². The van der Waals surface area contributed by atoms with E-state index in [9.17, 15) is 4.79 Å². The van der Waals surface area contributed by atoms with E-state index in [1.54, 1.807) is 11.3 Å². The van der Waals surface area contributed by atoms with Gasteiger partial charge in [0.2, 0.25) is 5.91 Å². The van der Waals surface area contributed by atoms with Crippen molar-refractivity contribution in [1.29, 1.82) is 0 Å². The Balaban J connectivity index is 2.20. The second-order valence-electron chi connectivity index (χ2n) is 4.42. The van der Waals surface area contributed by atoms with E-state index < -0.39 is 0 Å². The molecule has 1 unspecified atom stereocenters. The first-order valence-corrected chi connectivity index (χ1v) is 7.24. The highest BCUT2D eigenvalue weighted by atomic mass is 32.1. The first kappa shape index (κ1) is 13.6. The lowest BCUT2D eigenvalue weighted by Crippen LogP contribution is -2.16. The van der Waals surface area contributed by atoms with Gasteiger partial charge in [0.1, 0.15) is 0 Å². The largest absolute Gasteiger partial charge is 0.377 e. The first-order chi connectivity index (χ1) is 9.20. The molecule has 0 saturated carbocycles. The van der Waals surface area contributed by atoms with Crippen LogP contribution >= 0.6 is 11.3 Å². The Hall–Kier alpha value is -1.81. The minimum absolute atomic E-state index is 0.268. The van der Waals surface area contributed by atoms with Gasteiger partial charge in [0.25, 0.3) is 0 Å². The van der Waals surface area contributed by atoms with Gasteiger partial charge in [-0.05, 0) is 29.5 Å². The van der Waals surface area contributed by atoms with Crippen LogP contribution in [0.4, 0.5) is 5.69 Å². The highest BCUT2D eigenvalue weighted by Gasteiger charge is 2.12. The van der Waals surface area contributed by atoms with Gasteiger partial charge in [0.05, 0.1) is 12.5 Å². The average Bonchev–Trinajstić information content (AvgIpc) is 2.91. The van der Waals surface area contributed by atoms with Crippen LogP contribution in [0, 0.1) is 0 Å². The van der Waals surface area contributed by atoms with Gasteiger partial charge in [0, 0.05) is 10.6 Å². The van der Waals surface area contributed by atoms with E-state index in [1.807, 2.05) is 24.3 Å². The monoisotopic (exact) mass is 274 g/mol. The maximum atomic E-state index is 11.1. The zero-order valence-corrected chi connectivity index (χ0v) is 11.7. The molecule has 4 heteroatoms. The predicted molar refractivity (Wildman–Crippen MR) is 80.3 cm³/mol. The van der Waals surface area contributed by atoms with Gasteiger partial charge in [-0.2, -0.15) is 0 Å². The molecule has 0 aliphatic carbocycles. The second kappa shape index (κ2) is 6.38. The van der Waals surface area contributed by atoms with Crippen molar-refractivity contribution in [2.75, 3.05) is 5.32 Å². The molecule has 0 radical (unpaired) electrons. The second-order valence-corrected chi connectivity index (χ2v) is 5.40. The standard InChI is InChI=1S/C15H18N2OS/c1-2-12(14-8-5-9-19-14)17-13-7-4-3-6-11(13)10-15(16)18/h3-9,12,17H,2,10H2,1H3,(H2,16,18). The molecular formula is C15H18N2OS. The molecular weight excluding hydrogens is 256 g/mol. The summed E-state index contributed by atoms with van der Waals surface area (Å²) in [5, 5.41) is 5.59. The fourth-order valence-corrected chi connectivity index (χ4v) is 2.92. The van der Waals surface area contributed by atoms with Crippen molar-refractivity contribution in [3.63, 3.8) is 0 Å². The maximum absolute atomic E-state index is 11.1. The van der Waals surface area contributed by atoms with Crippen LogP contribution in [-0.2, 0) is 11.2 Å². The van der Waals surface area contributed by atoms with Crippen molar-refractivity contribution in [2.24, 2.45) is 5.73 Å². The molecule has 3 N–H and O–H groups in total. The van der Waals surface area contributed by atoms with Crippen LogP contribution in [0.2, 0.25) is 0 Å². The molecule has 0 saturated heterocycles. The van der Waals surface area contributed by atoms with Crippen molar-refractivity contribution >= 4 is 22.9 Å². The molecule has 19 heavy (non-hydrogen) atoms. The Morgan fingerprint density at radius 1 is 1.32 bits per heavy atom. The van der Waals surface area contributed by atoms with Crippen LogP contribution in [0.5, 0.6) is 0 Å². The molecule has 0 bridgehead atoms. The van der Waals surface area contributed by atoms with Crippen LogP contribution in [0.3, 0.4) is 0 Å². The molecule has 0 aliphatic rings. The molecule has 1 atom stereocenters. The Bertz CT molecular complexity index is 537. The lowest BCUT2D eigenvalue weighted by molar-refractivity contribution is -0.117. The topological polar surface area (TPSA) is 55.1 Å². The smallest absolute Gasteiger partial charge is 0.221 e. The molecule has 1 amide bonds. The fraction of sp³-hybridized carbons (Fsp3) is 0.267. The molecule has 2 aromatic rings. The number of nitrogens with two attached hydrogens (primary N) is 1. The van der Waals surface area contributed by atoms with Gasteiger partial charge in [0.15, 0.2) is 0 Å². The number of thiophene rings is 1. The number of rotatable bonds is 6. The summed E-state index contributed by atoms with van der Waals surface area (Å²) in [7, 11) is 0. The highest BCUT2D eigenvalue weighted by molar-refractivity contribution is 7.10. The normalized spacial score (nSPS) is 12.1. The number of nitrogens with one attached hydrogen (secondary N) is 1. The summed E-state index contributed by atoms with van der Waals surface area (Å²) in [4.78, 5) is 12.4. The van der Waals surface area contributed by atoms with Crippen LogP contribution in [0.25, 0.3) is 0 Å². The van der Waals surface area contributed by atoms with Crippen LogP contribution < -0.4 is 11.1 Å². The predicted octanol–water partition coefficient (Wildman–Crippen LogP) is 3.34. The summed E-state index contributed by atoms with van der Waals surface area (Å²) in [6.45, 7) is 2.15. The summed E-state index contributed by atoms with van der Waals surface area (Å²) < 4.78 is 0. The summed E-state index contributed by atoms with van der Waals surface area (Å²) in [6.07, 6.45) is 1.26. The van der Waals surface area contributed by atoms with E-state index in [1.165, 1.54) is 4.88 Å². The summed E-state index contributed by atoms with van der Waals surface area (Å²) in [5.74, 6) is -0.307. The number of para-hydroxylation sites is 1. The van der Waals surface area contributed by atoms with Crippen LogP contribution in [0.15, 0.2) is 41.8 Å². The third kappa shape index (κ3) is 3.58. The van der Waals surface area contributed by atoms with Crippen molar-refractivity contribution < 1.29 is 4.79 Å². The van der Waals surface area contributed by atoms with Gasteiger partial charge >= 0.3 is 0 Å². The van der Waals surface area contributed by atoms with E-state index >= 15 is 0 Å². The zero-order chi connectivity index (χ0) is 13.7. The summed E-state index contributed by atoms with van der Waals surface area (Å²) in [5.41, 5.74) is 7.22. The molecule has 0 spiro atoms. The molecule has 1 aromatic carbocycles. The van der Waals surface area contributed by atoms with Gasteiger partial charge in [-0.3, -0.25) is 4.79 Å². The highest BCUT2D eigenvalue weighted by Crippen LogP contribution is 2.27. The van der Waals surface area contributed by atoms with E-state index in [4.69, 9.17) is 5.73 Å². The van der Waals surface area contributed by atoms with Gasteiger partial charge in [-0.1, -0.05) is 31.2 Å². The van der Waals surface area contributed by atoms with Crippen molar-refractivity contribution in [3.8, 4) is 0 Å². The van der Waals surface area contributed by atoms with Crippen molar-refractivity contribution in [2.45, 2.75) is 25.8 Å². The SMILES string of the molecule is CCC(Nc1ccccc1CC(N)=O)c1cccs1. The third-order valence-electron chi connectivity index (χ3n) is 3.01. The lowest BCUT2D eigenvalue weighted by atomic mass is 10.1. The van der Waals surface area contributed by atoms with Gasteiger partial charge < -0.3 is 11.1 Å². The molecule has 1 aromatic heterocycles. The van der Waals surface area contributed by atoms with Gasteiger partial charge in [-0.25, -0.2) is 0 Å². The Morgan fingerprint density at radius 2 is 2.11 bits per heavy atom. The first-order valence-electron chi connectivity index (χ1n) is 6.37. The number of carbonyl (C=O) groups is 1. The number of amides is 1. The Kier molecular flexibility index (Phi) is 4.58. The van der Waals surface area contributed by atoms with Gasteiger partial charge in [-0.15, -0.1) is 11.3 Å². The lowest BCUT2D eigenvalue weighted by Gasteiger charge is -2.19. The number of benzene rings is 1.